The first-order chi connectivity index (χ1) is 8.60. The van der Waals surface area contributed by atoms with Crippen molar-refractivity contribution in [1.82, 2.24) is 15.0 Å². The zero-order valence-corrected chi connectivity index (χ0v) is 11.4. The Morgan fingerprint density at radius 1 is 1.33 bits per heavy atom. The largest absolute Gasteiger partial charge is 0.444 e. The van der Waals surface area contributed by atoms with Gasteiger partial charge in [0.15, 0.2) is 0 Å². The third kappa shape index (κ3) is 2.79. The van der Waals surface area contributed by atoms with E-state index in [-0.39, 0.29) is 0 Å². The second-order valence-corrected chi connectivity index (χ2v) is 4.33. The van der Waals surface area contributed by atoms with Crippen molar-refractivity contribution >= 4 is 17.4 Å². The molecule has 0 unspecified atom stereocenters. The number of nitrogens with zero attached hydrogens (tertiary/aromatic N) is 3. The quantitative estimate of drug-likeness (QED) is 0.862. The highest BCUT2D eigenvalue weighted by Crippen LogP contribution is 2.20. The second-order valence-electron chi connectivity index (χ2n) is 3.98. The number of anilines is 1. The van der Waals surface area contributed by atoms with Gasteiger partial charge in [0, 0.05) is 12.0 Å². The lowest BCUT2D eigenvalue weighted by Crippen LogP contribution is -2.07. The molecule has 0 aliphatic carbocycles. The van der Waals surface area contributed by atoms with Crippen LogP contribution in [0.2, 0.25) is 5.15 Å². The number of hydrogen-bond acceptors (Lipinski definition) is 5. The maximum absolute atomic E-state index is 6.05. The molecule has 2 heterocycles. The van der Waals surface area contributed by atoms with Gasteiger partial charge in [0.05, 0.1) is 12.7 Å². The average Bonchev–Trinajstić information content (AvgIpc) is 2.77. The molecule has 96 valence electrons. The van der Waals surface area contributed by atoms with E-state index in [0.717, 1.165) is 29.4 Å². The molecule has 0 aliphatic rings. The lowest BCUT2D eigenvalue weighted by Gasteiger charge is -2.09. The normalized spacial score (nSPS) is 10.7. The van der Waals surface area contributed by atoms with Crippen LogP contribution in [0.3, 0.4) is 0 Å². The van der Waals surface area contributed by atoms with Crippen molar-refractivity contribution in [2.75, 3.05) is 5.32 Å². The van der Waals surface area contributed by atoms with Crippen molar-refractivity contribution in [3.63, 3.8) is 0 Å². The van der Waals surface area contributed by atoms with Crippen LogP contribution in [0, 0.1) is 13.8 Å². The fourth-order valence-corrected chi connectivity index (χ4v) is 1.69. The van der Waals surface area contributed by atoms with Crippen LogP contribution < -0.4 is 5.32 Å². The van der Waals surface area contributed by atoms with E-state index in [1.807, 2.05) is 20.8 Å². The van der Waals surface area contributed by atoms with Crippen LogP contribution in [-0.2, 0) is 13.0 Å². The number of aromatic nitrogens is 3. The molecule has 2 aromatic rings. The van der Waals surface area contributed by atoms with E-state index in [1.54, 1.807) is 6.20 Å². The molecule has 0 amide bonds. The van der Waals surface area contributed by atoms with Gasteiger partial charge in [-0.05, 0) is 13.8 Å². The third-order valence-corrected chi connectivity index (χ3v) is 2.89. The molecule has 0 aliphatic heterocycles. The first-order valence-corrected chi connectivity index (χ1v) is 6.16. The summed E-state index contributed by atoms with van der Waals surface area (Å²) in [5, 5.41) is 3.65. The number of aryl methyl sites for hydroxylation is 2. The van der Waals surface area contributed by atoms with Crippen molar-refractivity contribution in [1.29, 1.82) is 0 Å². The van der Waals surface area contributed by atoms with Crippen LogP contribution in [0.25, 0.3) is 0 Å². The molecule has 0 saturated heterocycles. The van der Waals surface area contributed by atoms with Crippen molar-refractivity contribution in [2.45, 2.75) is 33.7 Å². The number of halogens is 1. The van der Waals surface area contributed by atoms with Crippen LogP contribution in [0.15, 0.2) is 10.6 Å². The second kappa shape index (κ2) is 5.35. The number of hydrogen-bond donors (Lipinski definition) is 1. The molecule has 2 rings (SSSR count). The van der Waals surface area contributed by atoms with Crippen LogP contribution in [0.5, 0.6) is 0 Å². The Morgan fingerprint density at radius 3 is 2.72 bits per heavy atom. The van der Waals surface area contributed by atoms with Crippen molar-refractivity contribution in [3.8, 4) is 0 Å². The maximum atomic E-state index is 6.05. The summed E-state index contributed by atoms with van der Waals surface area (Å²) in [5.74, 6) is 2.86. The molecular weight excluding hydrogens is 252 g/mol. The van der Waals surface area contributed by atoms with E-state index in [0.29, 0.717) is 17.6 Å². The van der Waals surface area contributed by atoms with Crippen molar-refractivity contribution in [3.05, 3.63) is 34.4 Å². The highest BCUT2D eigenvalue weighted by molar-refractivity contribution is 6.30. The zero-order chi connectivity index (χ0) is 13.1. The molecule has 0 spiro atoms. The van der Waals surface area contributed by atoms with E-state index in [9.17, 15) is 0 Å². The van der Waals surface area contributed by atoms with E-state index in [1.165, 1.54) is 0 Å². The Hall–Kier alpha value is -1.62. The highest BCUT2D eigenvalue weighted by Gasteiger charge is 2.09. The summed E-state index contributed by atoms with van der Waals surface area (Å²) in [4.78, 5) is 12.7. The molecule has 18 heavy (non-hydrogen) atoms. The summed E-state index contributed by atoms with van der Waals surface area (Å²) in [5.41, 5.74) is 0.831. The summed E-state index contributed by atoms with van der Waals surface area (Å²) in [6, 6.07) is 0. The Kier molecular flexibility index (Phi) is 3.81. The number of oxazole rings is 1. The topological polar surface area (TPSA) is 63.8 Å². The molecule has 0 fully saturated rings. The summed E-state index contributed by atoms with van der Waals surface area (Å²) in [7, 11) is 0. The van der Waals surface area contributed by atoms with Crippen LogP contribution >= 0.6 is 11.6 Å². The van der Waals surface area contributed by atoms with Gasteiger partial charge in [0.2, 0.25) is 5.89 Å². The van der Waals surface area contributed by atoms with Gasteiger partial charge in [-0.3, -0.25) is 0 Å². The van der Waals surface area contributed by atoms with Gasteiger partial charge in [0.1, 0.15) is 22.6 Å². The summed E-state index contributed by atoms with van der Waals surface area (Å²) in [6.07, 6.45) is 2.43. The summed E-state index contributed by atoms with van der Waals surface area (Å²) < 4.78 is 5.38. The average molecular weight is 267 g/mol. The lowest BCUT2D eigenvalue weighted by atomic mass is 10.3. The highest BCUT2D eigenvalue weighted by atomic mass is 35.5. The minimum Gasteiger partial charge on any atom is -0.444 e. The smallest absolute Gasteiger partial charge is 0.213 e. The fourth-order valence-electron chi connectivity index (χ4n) is 1.51. The fraction of sp³-hybridized carbons (Fsp3) is 0.417. The third-order valence-electron chi connectivity index (χ3n) is 2.53. The van der Waals surface area contributed by atoms with Gasteiger partial charge in [-0.2, -0.15) is 0 Å². The van der Waals surface area contributed by atoms with Gasteiger partial charge in [-0.25, -0.2) is 15.0 Å². The van der Waals surface area contributed by atoms with Gasteiger partial charge in [-0.15, -0.1) is 0 Å². The predicted molar refractivity (Wildman–Crippen MR) is 69.7 cm³/mol. The monoisotopic (exact) mass is 266 g/mol. The van der Waals surface area contributed by atoms with Crippen molar-refractivity contribution < 1.29 is 4.42 Å². The maximum Gasteiger partial charge on any atom is 0.213 e. The van der Waals surface area contributed by atoms with E-state index < -0.39 is 0 Å². The molecule has 2 aromatic heterocycles. The van der Waals surface area contributed by atoms with Crippen LogP contribution in [-0.4, -0.2) is 15.0 Å². The van der Waals surface area contributed by atoms with Gasteiger partial charge in [0.25, 0.3) is 0 Å². The molecule has 0 bridgehead atoms. The van der Waals surface area contributed by atoms with Gasteiger partial charge >= 0.3 is 0 Å². The predicted octanol–water partition coefficient (Wildman–Crippen LogP) is 2.91. The van der Waals surface area contributed by atoms with Crippen LogP contribution in [0.4, 0.5) is 5.82 Å². The first-order valence-electron chi connectivity index (χ1n) is 5.78. The van der Waals surface area contributed by atoms with E-state index >= 15 is 0 Å². The Labute approximate surface area is 111 Å². The molecule has 0 radical (unpaired) electrons. The van der Waals surface area contributed by atoms with E-state index in [4.69, 9.17) is 16.0 Å². The van der Waals surface area contributed by atoms with E-state index in [2.05, 4.69) is 20.3 Å². The molecule has 0 saturated carbocycles. The molecule has 6 heteroatoms. The Balaban J connectivity index is 2.15. The van der Waals surface area contributed by atoms with Crippen LogP contribution in [0.1, 0.15) is 30.0 Å². The molecule has 0 atom stereocenters. The SMILES string of the molecule is CCc1nc(Cl)c(C)c(NCc2ncc(C)o2)n1. The van der Waals surface area contributed by atoms with Gasteiger partial charge in [-0.1, -0.05) is 18.5 Å². The minimum absolute atomic E-state index is 0.477. The standard InChI is InChI=1S/C12H15ClN4O/c1-4-9-16-11(13)8(3)12(17-9)15-6-10-14-5-7(2)18-10/h5H,4,6H2,1-3H3,(H,15,16,17). The Morgan fingerprint density at radius 2 is 2.11 bits per heavy atom. The van der Waals surface area contributed by atoms with Crippen molar-refractivity contribution in [2.24, 2.45) is 0 Å². The minimum atomic E-state index is 0.477. The molecule has 5 nitrogen and oxygen atoms in total. The van der Waals surface area contributed by atoms with Gasteiger partial charge < -0.3 is 9.73 Å². The first kappa shape index (κ1) is 12.8. The summed E-state index contributed by atoms with van der Waals surface area (Å²) >= 11 is 6.05. The number of nitrogens with one attached hydrogen (secondary N) is 1. The zero-order valence-electron chi connectivity index (χ0n) is 10.6. The Bertz CT molecular complexity index is 553. The molecule has 1 N–H and O–H groups in total. The number of rotatable bonds is 4. The lowest BCUT2D eigenvalue weighted by molar-refractivity contribution is 0.478. The molecular formula is C12H15ClN4O. The summed E-state index contributed by atoms with van der Waals surface area (Å²) in [6.45, 7) is 6.21. The molecule has 0 aromatic carbocycles.